The maximum Gasteiger partial charge on any atom is 0.0593 e. The molecule has 86 valence electrons. The van der Waals surface area contributed by atoms with Gasteiger partial charge in [-0.3, -0.25) is 4.90 Å². The van der Waals surface area contributed by atoms with Crippen molar-refractivity contribution < 1.29 is 4.74 Å². The zero-order chi connectivity index (χ0) is 11.0. The van der Waals surface area contributed by atoms with Crippen LogP contribution >= 0.6 is 15.9 Å². The highest BCUT2D eigenvalue weighted by molar-refractivity contribution is 9.09. The molecule has 2 nitrogen and oxygen atoms in total. The normalized spacial score (nSPS) is 12.4. The van der Waals surface area contributed by atoms with E-state index in [1.54, 1.807) is 0 Å². The second kappa shape index (κ2) is 7.66. The molecule has 0 fully saturated rings. The number of ether oxygens (including phenoxy) is 1. The molecule has 0 rings (SSSR count). The molecule has 0 aromatic carbocycles. The Morgan fingerprint density at radius 3 is 2.43 bits per heavy atom. The van der Waals surface area contributed by atoms with Crippen LogP contribution in [-0.4, -0.2) is 42.6 Å². The van der Waals surface area contributed by atoms with Crippen molar-refractivity contribution in [3.63, 3.8) is 0 Å². The zero-order valence-corrected chi connectivity index (χ0v) is 11.6. The van der Waals surface area contributed by atoms with E-state index in [2.05, 4.69) is 48.6 Å². The zero-order valence-electron chi connectivity index (χ0n) is 9.98. The van der Waals surface area contributed by atoms with Crippen LogP contribution in [0.4, 0.5) is 0 Å². The third-order valence-electron chi connectivity index (χ3n) is 2.57. The highest BCUT2D eigenvalue weighted by Gasteiger charge is 2.21. The molecule has 0 N–H and O–H groups in total. The fourth-order valence-electron chi connectivity index (χ4n) is 0.955. The number of alkyl halides is 1. The van der Waals surface area contributed by atoms with Gasteiger partial charge in [-0.1, -0.05) is 29.3 Å². The third-order valence-corrected chi connectivity index (χ3v) is 3.95. The van der Waals surface area contributed by atoms with Crippen LogP contribution in [0.25, 0.3) is 0 Å². The van der Waals surface area contributed by atoms with Gasteiger partial charge in [-0.25, -0.2) is 0 Å². The molecule has 0 aliphatic carbocycles. The monoisotopic (exact) mass is 265 g/mol. The fourth-order valence-corrected chi connectivity index (χ4v) is 1.38. The Kier molecular flexibility index (Phi) is 7.88. The quantitative estimate of drug-likeness (QED) is 0.495. The molecular weight excluding hydrogens is 242 g/mol. The predicted molar refractivity (Wildman–Crippen MR) is 66.2 cm³/mol. The first kappa shape index (κ1) is 14.4. The summed E-state index contributed by atoms with van der Waals surface area (Å²) in [6, 6.07) is 0. The molecule has 14 heavy (non-hydrogen) atoms. The molecule has 0 saturated heterocycles. The molecule has 0 aliphatic heterocycles. The Morgan fingerprint density at radius 1 is 1.29 bits per heavy atom. The van der Waals surface area contributed by atoms with Gasteiger partial charge in [0.2, 0.25) is 0 Å². The Hall–Kier alpha value is 0.400. The summed E-state index contributed by atoms with van der Waals surface area (Å²) in [5.74, 6) is 0. The highest BCUT2D eigenvalue weighted by atomic mass is 79.9. The number of hydrogen-bond acceptors (Lipinski definition) is 2. The van der Waals surface area contributed by atoms with Gasteiger partial charge in [-0.15, -0.1) is 0 Å². The summed E-state index contributed by atoms with van der Waals surface area (Å²) in [6.07, 6.45) is 2.38. The second-order valence-corrected chi connectivity index (χ2v) is 4.89. The molecule has 0 bridgehead atoms. The average molecular weight is 266 g/mol. The summed E-state index contributed by atoms with van der Waals surface area (Å²) in [5.41, 5.74) is 0.216. The van der Waals surface area contributed by atoms with Crippen LogP contribution in [0.1, 0.15) is 33.6 Å². The summed E-state index contributed by atoms with van der Waals surface area (Å²) in [4.78, 5) is 2.33. The molecule has 3 heteroatoms. The standard InChI is InChI=1S/C11H24BrNO/c1-5-6-8-14-9-7-13(4)11(2,3)10-12/h5-10H2,1-4H3. The smallest absolute Gasteiger partial charge is 0.0593 e. The summed E-state index contributed by atoms with van der Waals surface area (Å²) >= 11 is 3.52. The number of hydrogen-bond donors (Lipinski definition) is 0. The molecule has 0 heterocycles. The van der Waals surface area contributed by atoms with E-state index in [9.17, 15) is 0 Å². The first-order chi connectivity index (χ1) is 6.54. The van der Waals surface area contributed by atoms with E-state index in [-0.39, 0.29) is 5.54 Å². The van der Waals surface area contributed by atoms with Crippen LogP contribution in [0.2, 0.25) is 0 Å². The molecule has 0 spiro atoms. The van der Waals surface area contributed by atoms with Gasteiger partial charge in [0, 0.05) is 24.0 Å². The van der Waals surface area contributed by atoms with Crippen molar-refractivity contribution in [2.24, 2.45) is 0 Å². The van der Waals surface area contributed by atoms with Crippen LogP contribution in [-0.2, 0) is 4.74 Å². The van der Waals surface area contributed by atoms with Crippen molar-refractivity contribution >= 4 is 15.9 Å². The third kappa shape index (κ3) is 5.99. The fraction of sp³-hybridized carbons (Fsp3) is 1.00. The van der Waals surface area contributed by atoms with Gasteiger partial charge in [0.25, 0.3) is 0 Å². The Balaban J connectivity index is 3.48. The number of rotatable bonds is 8. The maximum absolute atomic E-state index is 5.53. The van der Waals surface area contributed by atoms with E-state index in [0.717, 1.165) is 25.1 Å². The minimum atomic E-state index is 0.216. The van der Waals surface area contributed by atoms with Gasteiger partial charge in [0.05, 0.1) is 6.61 Å². The van der Waals surface area contributed by atoms with E-state index in [4.69, 9.17) is 4.74 Å². The van der Waals surface area contributed by atoms with E-state index >= 15 is 0 Å². The van der Waals surface area contributed by atoms with Crippen LogP contribution in [0.15, 0.2) is 0 Å². The largest absolute Gasteiger partial charge is 0.380 e. The van der Waals surface area contributed by atoms with E-state index < -0.39 is 0 Å². The van der Waals surface area contributed by atoms with Gasteiger partial charge in [-0.2, -0.15) is 0 Å². The van der Waals surface area contributed by atoms with Gasteiger partial charge < -0.3 is 4.74 Å². The lowest BCUT2D eigenvalue weighted by Crippen LogP contribution is -2.44. The van der Waals surface area contributed by atoms with Crippen molar-refractivity contribution in [3.05, 3.63) is 0 Å². The minimum Gasteiger partial charge on any atom is -0.380 e. The van der Waals surface area contributed by atoms with Crippen molar-refractivity contribution in [2.45, 2.75) is 39.2 Å². The summed E-state index contributed by atoms with van der Waals surface area (Å²) in [5, 5.41) is 0.992. The summed E-state index contributed by atoms with van der Waals surface area (Å²) < 4.78 is 5.53. The lowest BCUT2D eigenvalue weighted by Gasteiger charge is -2.33. The molecule has 0 radical (unpaired) electrons. The Labute approximate surface area is 97.1 Å². The number of likely N-dealkylation sites (N-methyl/N-ethyl adjacent to an activating group) is 1. The van der Waals surface area contributed by atoms with Crippen molar-refractivity contribution in [3.8, 4) is 0 Å². The molecule has 0 amide bonds. The molecule has 0 unspecified atom stereocenters. The van der Waals surface area contributed by atoms with Gasteiger partial charge in [0.1, 0.15) is 0 Å². The SMILES string of the molecule is CCCCOCCN(C)C(C)(C)CBr. The second-order valence-electron chi connectivity index (χ2n) is 4.33. The summed E-state index contributed by atoms with van der Waals surface area (Å²) in [7, 11) is 2.14. The van der Waals surface area contributed by atoms with Crippen LogP contribution in [0.5, 0.6) is 0 Å². The van der Waals surface area contributed by atoms with E-state index in [0.29, 0.717) is 0 Å². The van der Waals surface area contributed by atoms with Gasteiger partial charge in [-0.05, 0) is 27.3 Å². The lowest BCUT2D eigenvalue weighted by molar-refractivity contribution is 0.0813. The molecule has 0 atom stereocenters. The van der Waals surface area contributed by atoms with Gasteiger partial charge in [0.15, 0.2) is 0 Å². The lowest BCUT2D eigenvalue weighted by atomic mass is 10.1. The maximum atomic E-state index is 5.53. The van der Waals surface area contributed by atoms with Crippen LogP contribution in [0, 0.1) is 0 Å². The molecule has 0 aromatic rings. The van der Waals surface area contributed by atoms with Crippen molar-refractivity contribution in [1.29, 1.82) is 0 Å². The van der Waals surface area contributed by atoms with Crippen molar-refractivity contribution in [2.75, 3.05) is 32.1 Å². The Morgan fingerprint density at radius 2 is 1.93 bits per heavy atom. The van der Waals surface area contributed by atoms with Crippen molar-refractivity contribution in [1.82, 2.24) is 4.90 Å². The van der Waals surface area contributed by atoms with Gasteiger partial charge >= 0.3 is 0 Å². The molecule has 0 saturated carbocycles. The predicted octanol–water partition coefficient (Wildman–Crippen LogP) is 2.91. The first-order valence-corrected chi connectivity index (χ1v) is 6.51. The first-order valence-electron chi connectivity index (χ1n) is 5.39. The number of unbranched alkanes of at least 4 members (excludes halogenated alkanes) is 1. The number of halogens is 1. The molecular formula is C11H24BrNO. The Bertz CT molecular complexity index is 139. The minimum absolute atomic E-state index is 0.216. The van der Waals surface area contributed by atoms with E-state index in [1.807, 2.05) is 0 Å². The van der Waals surface area contributed by atoms with Crippen LogP contribution < -0.4 is 0 Å². The average Bonchev–Trinajstić information content (AvgIpc) is 2.17. The molecule has 0 aromatic heterocycles. The summed E-state index contributed by atoms with van der Waals surface area (Å²) in [6.45, 7) is 9.39. The van der Waals surface area contributed by atoms with E-state index in [1.165, 1.54) is 12.8 Å². The highest BCUT2D eigenvalue weighted by Crippen LogP contribution is 2.14. The molecule has 0 aliphatic rings. The van der Waals surface area contributed by atoms with Crippen LogP contribution in [0.3, 0.4) is 0 Å². The topological polar surface area (TPSA) is 12.5 Å². The number of nitrogens with zero attached hydrogens (tertiary/aromatic N) is 1.